The maximum Gasteiger partial charge on any atom is 0.284 e. The first-order valence-electron chi connectivity index (χ1n) is 10.3. The molecule has 0 N–H and O–H groups in total. The van der Waals surface area contributed by atoms with E-state index in [-0.39, 0.29) is 21.4 Å². The smallest absolute Gasteiger partial charge is 0.284 e. The van der Waals surface area contributed by atoms with Crippen LogP contribution >= 0.6 is 11.8 Å². The first-order valence-corrected chi connectivity index (χ1v) is 12.6. The quantitative estimate of drug-likeness (QED) is 0.618. The number of carbonyl (C=O) groups is 1. The molecule has 0 spiro atoms. The van der Waals surface area contributed by atoms with Crippen LogP contribution in [0.3, 0.4) is 0 Å². The molecule has 4 rings (SSSR count). The minimum Gasteiger partial charge on any atom is -0.347 e. The molecule has 0 unspecified atom stereocenters. The van der Waals surface area contributed by atoms with Crippen LogP contribution in [-0.2, 0) is 20.2 Å². The SMILES string of the molecule is CCN1C(=O)/C(=C/C=C2/N(C)c3ccccc3C2(C)C)S/C1=N\S(=O)(=O)c1ccccc1. The highest BCUT2D eigenvalue weighted by Crippen LogP contribution is 2.46. The molecule has 2 aliphatic heterocycles. The second-order valence-electron chi connectivity index (χ2n) is 8.10. The molecule has 2 aromatic carbocycles. The van der Waals surface area contributed by atoms with Crippen LogP contribution in [0.25, 0.3) is 0 Å². The highest BCUT2D eigenvalue weighted by Gasteiger charge is 2.38. The number of carbonyl (C=O) groups excluding carboxylic acids is 1. The van der Waals surface area contributed by atoms with E-state index in [1.165, 1.54) is 22.6 Å². The van der Waals surface area contributed by atoms with Crippen molar-refractivity contribution in [2.75, 3.05) is 18.5 Å². The van der Waals surface area contributed by atoms with Gasteiger partial charge in [-0.3, -0.25) is 9.69 Å². The van der Waals surface area contributed by atoms with E-state index in [4.69, 9.17) is 0 Å². The van der Waals surface area contributed by atoms with Gasteiger partial charge in [0, 0.05) is 30.4 Å². The zero-order valence-corrected chi connectivity index (χ0v) is 20.1. The van der Waals surface area contributed by atoms with Gasteiger partial charge < -0.3 is 4.90 Å². The molecule has 1 fully saturated rings. The first-order chi connectivity index (χ1) is 15.2. The number of amidine groups is 1. The molecule has 166 valence electrons. The molecule has 8 heteroatoms. The number of nitrogens with zero attached hydrogens (tertiary/aromatic N) is 3. The summed E-state index contributed by atoms with van der Waals surface area (Å²) in [6.07, 6.45) is 3.72. The zero-order chi connectivity index (χ0) is 23.1. The number of allylic oxidation sites excluding steroid dienone is 3. The van der Waals surface area contributed by atoms with Crippen molar-refractivity contribution in [1.82, 2.24) is 4.90 Å². The molecule has 1 saturated heterocycles. The predicted molar refractivity (Wildman–Crippen MR) is 130 cm³/mol. The number of benzene rings is 2. The molecular weight excluding hydrogens is 442 g/mol. The van der Waals surface area contributed by atoms with Crippen molar-refractivity contribution in [2.24, 2.45) is 4.40 Å². The molecule has 6 nitrogen and oxygen atoms in total. The molecule has 0 bridgehead atoms. The molecule has 0 saturated carbocycles. The van der Waals surface area contributed by atoms with E-state index in [9.17, 15) is 13.2 Å². The summed E-state index contributed by atoms with van der Waals surface area (Å²) in [6.45, 7) is 6.44. The van der Waals surface area contributed by atoms with E-state index in [0.717, 1.165) is 23.1 Å². The molecule has 0 aliphatic carbocycles. The van der Waals surface area contributed by atoms with Crippen molar-refractivity contribution in [3.63, 3.8) is 0 Å². The van der Waals surface area contributed by atoms with Gasteiger partial charge in [0.25, 0.3) is 15.9 Å². The maximum atomic E-state index is 13.0. The van der Waals surface area contributed by atoms with E-state index in [1.807, 2.05) is 25.3 Å². The van der Waals surface area contributed by atoms with Crippen LogP contribution in [0.4, 0.5) is 5.69 Å². The molecule has 0 radical (unpaired) electrons. The molecule has 1 amide bonds. The molecule has 2 heterocycles. The number of likely N-dealkylation sites (N-methyl/N-ethyl adjacent to an activating group) is 2. The summed E-state index contributed by atoms with van der Waals surface area (Å²) in [7, 11) is -1.89. The first kappa shape index (κ1) is 22.4. The molecule has 2 aliphatic rings. The normalized spacial score (nSPS) is 21.8. The molecule has 2 aromatic rings. The van der Waals surface area contributed by atoms with E-state index >= 15 is 0 Å². The second-order valence-corrected chi connectivity index (χ2v) is 10.7. The number of anilines is 1. The van der Waals surface area contributed by atoms with Gasteiger partial charge >= 0.3 is 0 Å². The van der Waals surface area contributed by atoms with Crippen molar-refractivity contribution in [1.29, 1.82) is 0 Å². The van der Waals surface area contributed by atoms with Gasteiger partial charge in [-0.05, 0) is 54.6 Å². The third-order valence-electron chi connectivity index (χ3n) is 5.78. The number of amides is 1. The Balaban J connectivity index is 1.68. The Bertz CT molecular complexity index is 1260. The average Bonchev–Trinajstić information content (AvgIpc) is 3.17. The lowest BCUT2D eigenvalue weighted by atomic mass is 9.84. The Labute approximate surface area is 193 Å². The van der Waals surface area contributed by atoms with Gasteiger partial charge in [0.2, 0.25) is 0 Å². The predicted octanol–water partition coefficient (Wildman–Crippen LogP) is 4.52. The fraction of sp³-hybridized carbons (Fsp3) is 0.250. The summed E-state index contributed by atoms with van der Waals surface area (Å²) >= 11 is 1.09. The lowest BCUT2D eigenvalue weighted by Crippen LogP contribution is -2.29. The maximum absolute atomic E-state index is 13.0. The van der Waals surface area contributed by atoms with Crippen LogP contribution < -0.4 is 4.90 Å². The average molecular weight is 468 g/mol. The van der Waals surface area contributed by atoms with Gasteiger partial charge in [-0.15, -0.1) is 4.40 Å². The summed E-state index contributed by atoms with van der Waals surface area (Å²) in [5, 5.41) is 0.174. The van der Waals surface area contributed by atoms with Crippen LogP contribution in [0.5, 0.6) is 0 Å². The van der Waals surface area contributed by atoms with Gasteiger partial charge in [0.1, 0.15) is 0 Å². The van der Waals surface area contributed by atoms with Crippen molar-refractivity contribution >= 4 is 38.5 Å². The number of fused-ring (bicyclic) bond motifs is 1. The van der Waals surface area contributed by atoms with Crippen molar-refractivity contribution in [3.05, 3.63) is 82.9 Å². The Morgan fingerprint density at radius 3 is 2.34 bits per heavy atom. The van der Waals surface area contributed by atoms with Crippen LogP contribution in [0.2, 0.25) is 0 Å². The lowest BCUT2D eigenvalue weighted by molar-refractivity contribution is -0.122. The molecule has 0 atom stereocenters. The summed E-state index contributed by atoms with van der Waals surface area (Å²) in [6, 6.07) is 16.3. The Morgan fingerprint density at radius 2 is 1.69 bits per heavy atom. The van der Waals surface area contributed by atoms with Gasteiger partial charge in [-0.25, -0.2) is 0 Å². The molecule has 0 aromatic heterocycles. The summed E-state index contributed by atoms with van der Waals surface area (Å²) in [5.41, 5.74) is 3.21. The van der Waals surface area contributed by atoms with Crippen LogP contribution in [0.15, 0.2) is 86.6 Å². The van der Waals surface area contributed by atoms with E-state index in [2.05, 4.69) is 35.3 Å². The fourth-order valence-electron chi connectivity index (χ4n) is 4.07. The highest BCUT2D eigenvalue weighted by molar-refractivity contribution is 8.19. The van der Waals surface area contributed by atoms with Gasteiger partial charge in [0.05, 0.1) is 9.80 Å². The number of hydrogen-bond donors (Lipinski definition) is 0. The monoisotopic (exact) mass is 467 g/mol. The Morgan fingerprint density at radius 1 is 1.03 bits per heavy atom. The van der Waals surface area contributed by atoms with Crippen LogP contribution in [0, 0.1) is 0 Å². The third-order valence-corrected chi connectivity index (χ3v) is 8.20. The topological polar surface area (TPSA) is 70.1 Å². The number of hydrogen-bond acceptors (Lipinski definition) is 5. The molecule has 32 heavy (non-hydrogen) atoms. The van der Waals surface area contributed by atoms with Gasteiger partial charge in [0.15, 0.2) is 5.17 Å². The van der Waals surface area contributed by atoms with E-state index < -0.39 is 10.0 Å². The Kier molecular flexibility index (Phi) is 5.77. The minimum absolute atomic E-state index is 0.100. The number of rotatable bonds is 4. The Hall–Kier alpha value is -2.84. The van der Waals surface area contributed by atoms with E-state index in [0.29, 0.717) is 11.4 Å². The molecular formula is C24H25N3O3S2. The largest absolute Gasteiger partial charge is 0.347 e. The number of thioether (sulfide) groups is 1. The van der Waals surface area contributed by atoms with Crippen LogP contribution in [-0.4, -0.2) is 38.0 Å². The van der Waals surface area contributed by atoms with Crippen molar-refractivity contribution < 1.29 is 13.2 Å². The number of para-hydroxylation sites is 1. The van der Waals surface area contributed by atoms with Gasteiger partial charge in [-0.1, -0.05) is 50.2 Å². The minimum atomic E-state index is -3.91. The third kappa shape index (κ3) is 3.78. The summed E-state index contributed by atoms with van der Waals surface area (Å²) in [5.74, 6) is -0.243. The second kappa shape index (κ2) is 8.26. The standard InChI is InChI=1S/C24H25N3O3S2/c1-5-27-22(28)20(31-23(27)25-32(29,30)17-11-7-6-8-12-17)15-16-21-24(2,3)18-13-9-10-14-19(18)26(21)4/h6-16H,5H2,1-4H3/b20-15-,21-16+,25-23-. The van der Waals surface area contributed by atoms with Crippen molar-refractivity contribution in [2.45, 2.75) is 31.1 Å². The zero-order valence-electron chi connectivity index (χ0n) is 18.4. The van der Waals surface area contributed by atoms with E-state index in [1.54, 1.807) is 31.2 Å². The van der Waals surface area contributed by atoms with Crippen LogP contribution in [0.1, 0.15) is 26.3 Å². The van der Waals surface area contributed by atoms with Crippen molar-refractivity contribution in [3.8, 4) is 0 Å². The fourth-order valence-corrected chi connectivity index (χ4v) is 6.28. The summed E-state index contributed by atoms with van der Waals surface area (Å²) in [4.78, 5) is 17.0. The number of sulfonamides is 1. The highest BCUT2D eigenvalue weighted by atomic mass is 32.2. The lowest BCUT2D eigenvalue weighted by Gasteiger charge is -2.23. The van der Waals surface area contributed by atoms with Gasteiger partial charge in [-0.2, -0.15) is 8.42 Å². The summed E-state index contributed by atoms with van der Waals surface area (Å²) < 4.78 is 29.4.